The smallest absolute Gasteiger partial charge is 0.322 e. The molecule has 0 aliphatic carbocycles. The van der Waals surface area contributed by atoms with Crippen LogP contribution in [0, 0.1) is 6.92 Å². The second-order valence-electron chi connectivity index (χ2n) is 6.23. The third kappa shape index (κ3) is 3.10. The summed E-state index contributed by atoms with van der Waals surface area (Å²) in [6.45, 7) is 5.78. The van der Waals surface area contributed by atoms with E-state index < -0.39 is 5.60 Å². The van der Waals surface area contributed by atoms with Crippen molar-refractivity contribution in [2.24, 2.45) is 7.05 Å². The van der Waals surface area contributed by atoms with Gasteiger partial charge in [0.15, 0.2) is 0 Å². The lowest BCUT2D eigenvalue weighted by Gasteiger charge is -2.33. The van der Waals surface area contributed by atoms with Crippen LogP contribution in [0.5, 0.6) is 0 Å². The molecule has 0 radical (unpaired) electrons. The van der Waals surface area contributed by atoms with E-state index in [0.717, 1.165) is 18.4 Å². The van der Waals surface area contributed by atoms with Gasteiger partial charge in [-0.15, -0.1) is 0 Å². The van der Waals surface area contributed by atoms with Crippen LogP contribution in [0.4, 0.5) is 10.5 Å². The first-order valence-corrected chi connectivity index (χ1v) is 7.18. The van der Waals surface area contributed by atoms with Crippen molar-refractivity contribution in [3.8, 4) is 0 Å². The zero-order chi connectivity index (χ0) is 15.8. The normalized spacial score (nSPS) is 18.9. The highest BCUT2D eigenvalue weighted by atomic mass is 16.3. The van der Waals surface area contributed by atoms with Crippen molar-refractivity contribution in [3.63, 3.8) is 0 Å². The van der Waals surface area contributed by atoms with E-state index in [2.05, 4.69) is 5.32 Å². The predicted molar refractivity (Wildman–Crippen MR) is 81.5 cm³/mol. The molecule has 21 heavy (non-hydrogen) atoms. The first kappa shape index (κ1) is 15.6. The summed E-state index contributed by atoms with van der Waals surface area (Å²) in [6, 6.07) is 1.23. The zero-order valence-electron chi connectivity index (χ0n) is 13.0. The molecule has 0 spiro atoms. The number of nitrogens with zero attached hydrogens (tertiary/aromatic N) is 2. The minimum absolute atomic E-state index is 0.231. The van der Waals surface area contributed by atoms with Crippen LogP contribution in [0.15, 0.2) is 17.1 Å². The summed E-state index contributed by atoms with van der Waals surface area (Å²) < 4.78 is 1.43. The lowest BCUT2D eigenvalue weighted by atomic mass is 9.97. The van der Waals surface area contributed by atoms with E-state index in [1.54, 1.807) is 45.0 Å². The van der Waals surface area contributed by atoms with Gasteiger partial charge in [0.2, 0.25) is 0 Å². The summed E-state index contributed by atoms with van der Waals surface area (Å²) in [5.41, 5.74) is -0.163. The van der Waals surface area contributed by atoms with Gasteiger partial charge in [-0.25, -0.2) is 4.79 Å². The monoisotopic (exact) mass is 293 g/mol. The van der Waals surface area contributed by atoms with Gasteiger partial charge >= 0.3 is 6.03 Å². The number of urea groups is 1. The third-order valence-corrected chi connectivity index (χ3v) is 4.04. The van der Waals surface area contributed by atoms with E-state index in [1.165, 1.54) is 4.57 Å². The van der Waals surface area contributed by atoms with Crippen molar-refractivity contribution in [1.82, 2.24) is 9.47 Å². The number of rotatable bonds is 2. The van der Waals surface area contributed by atoms with E-state index >= 15 is 0 Å². The van der Waals surface area contributed by atoms with Gasteiger partial charge in [0.25, 0.3) is 5.56 Å². The first-order chi connectivity index (χ1) is 9.71. The third-order valence-electron chi connectivity index (χ3n) is 4.04. The predicted octanol–water partition coefficient (Wildman–Crippen LogP) is 1.46. The fourth-order valence-electron chi connectivity index (χ4n) is 2.79. The largest absolute Gasteiger partial charge is 0.388 e. The fraction of sp³-hybridized carbons (Fsp3) is 0.600. The van der Waals surface area contributed by atoms with Crippen LogP contribution in [0.25, 0.3) is 0 Å². The Kier molecular flexibility index (Phi) is 4.09. The van der Waals surface area contributed by atoms with Crippen molar-refractivity contribution in [2.45, 2.75) is 45.3 Å². The number of nitrogens with one attached hydrogen (secondary N) is 1. The number of hydrogen-bond acceptors (Lipinski definition) is 3. The van der Waals surface area contributed by atoms with Gasteiger partial charge in [-0.05, 0) is 45.2 Å². The second kappa shape index (κ2) is 5.52. The average molecular weight is 293 g/mol. The number of aryl methyl sites for hydroxylation is 2. The first-order valence-electron chi connectivity index (χ1n) is 7.18. The van der Waals surface area contributed by atoms with Crippen LogP contribution < -0.4 is 10.9 Å². The summed E-state index contributed by atoms with van der Waals surface area (Å²) in [4.78, 5) is 26.2. The highest BCUT2D eigenvalue weighted by Crippen LogP contribution is 2.27. The molecule has 116 valence electrons. The number of aliphatic hydroxyl groups is 1. The van der Waals surface area contributed by atoms with E-state index in [4.69, 9.17) is 0 Å². The molecule has 1 aromatic heterocycles. The Labute approximate surface area is 124 Å². The molecule has 1 aromatic rings. The van der Waals surface area contributed by atoms with E-state index in [-0.39, 0.29) is 17.6 Å². The fourth-order valence-corrected chi connectivity index (χ4v) is 2.79. The topological polar surface area (TPSA) is 74.6 Å². The molecule has 1 aliphatic heterocycles. The number of aromatic nitrogens is 1. The van der Waals surface area contributed by atoms with Crippen molar-refractivity contribution in [2.75, 3.05) is 11.9 Å². The highest BCUT2D eigenvalue weighted by Gasteiger charge is 2.38. The number of anilines is 1. The summed E-state index contributed by atoms with van der Waals surface area (Å²) in [6.07, 6.45) is 3.29. The zero-order valence-corrected chi connectivity index (χ0v) is 13.0. The molecule has 2 rings (SSSR count). The second-order valence-corrected chi connectivity index (χ2v) is 6.23. The van der Waals surface area contributed by atoms with E-state index in [0.29, 0.717) is 12.2 Å². The molecule has 0 bridgehead atoms. The van der Waals surface area contributed by atoms with Gasteiger partial charge in [0.05, 0.1) is 11.6 Å². The molecule has 6 heteroatoms. The Balaban J connectivity index is 2.23. The standard InChI is InChI=1S/C15H23N3O3/c1-10-7-9-17(4)13(19)12(10)16-14(20)18-8-5-6-11(18)15(2,3)21/h7,9,11,21H,5-6,8H2,1-4H3,(H,16,20). The summed E-state index contributed by atoms with van der Waals surface area (Å²) >= 11 is 0. The number of likely N-dealkylation sites (tertiary alicyclic amines) is 1. The SMILES string of the molecule is Cc1ccn(C)c(=O)c1NC(=O)N1CCCC1C(C)(C)O. The summed E-state index contributed by atoms with van der Waals surface area (Å²) in [7, 11) is 1.65. The summed E-state index contributed by atoms with van der Waals surface area (Å²) in [5, 5.41) is 12.9. The molecule has 6 nitrogen and oxygen atoms in total. The molecule has 1 atom stereocenters. The van der Waals surface area contributed by atoms with Crippen molar-refractivity contribution < 1.29 is 9.90 Å². The number of hydrogen-bond donors (Lipinski definition) is 2. The van der Waals surface area contributed by atoms with Gasteiger partial charge in [-0.3, -0.25) is 4.79 Å². The maximum absolute atomic E-state index is 12.4. The molecule has 0 saturated carbocycles. The van der Waals surface area contributed by atoms with Gasteiger partial charge in [-0.1, -0.05) is 0 Å². The maximum Gasteiger partial charge on any atom is 0.322 e. The summed E-state index contributed by atoms with van der Waals surface area (Å²) in [5.74, 6) is 0. The molecular formula is C15H23N3O3. The highest BCUT2D eigenvalue weighted by molar-refractivity contribution is 5.90. The number of carbonyl (C=O) groups is 1. The molecule has 1 saturated heterocycles. The Morgan fingerprint density at radius 1 is 1.48 bits per heavy atom. The van der Waals surface area contributed by atoms with Crippen LogP contribution >= 0.6 is 0 Å². The Bertz CT molecular complexity index is 601. The van der Waals surface area contributed by atoms with Crippen LogP contribution in [0.1, 0.15) is 32.3 Å². The quantitative estimate of drug-likeness (QED) is 0.867. The lowest BCUT2D eigenvalue weighted by Crippen LogP contribution is -2.50. The van der Waals surface area contributed by atoms with Crippen molar-refractivity contribution in [3.05, 3.63) is 28.2 Å². The minimum atomic E-state index is -0.954. The van der Waals surface area contributed by atoms with E-state index in [1.807, 2.05) is 0 Å². The molecule has 0 aromatic carbocycles. The average Bonchev–Trinajstić information content (AvgIpc) is 2.88. The molecule has 1 aliphatic rings. The number of carbonyl (C=O) groups excluding carboxylic acids is 1. The van der Waals surface area contributed by atoms with Crippen LogP contribution in [-0.4, -0.2) is 38.8 Å². The Morgan fingerprint density at radius 3 is 2.76 bits per heavy atom. The lowest BCUT2D eigenvalue weighted by molar-refractivity contribution is 0.0117. The van der Waals surface area contributed by atoms with Crippen LogP contribution in [0.3, 0.4) is 0 Å². The van der Waals surface area contributed by atoms with Gasteiger partial charge < -0.3 is 19.9 Å². The number of amides is 2. The molecule has 1 unspecified atom stereocenters. The van der Waals surface area contributed by atoms with Crippen molar-refractivity contribution >= 4 is 11.7 Å². The minimum Gasteiger partial charge on any atom is -0.388 e. The van der Waals surface area contributed by atoms with Gasteiger partial charge in [0, 0.05) is 19.8 Å². The van der Waals surface area contributed by atoms with Crippen molar-refractivity contribution in [1.29, 1.82) is 0 Å². The molecule has 2 N–H and O–H groups in total. The Hall–Kier alpha value is -1.82. The molecule has 1 fully saturated rings. The van der Waals surface area contributed by atoms with Gasteiger partial charge in [0.1, 0.15) is 5.69 Å². The number of pyridine rings is 1. The van der Waals surface area contributed by atoms with Gasteiger partial charge in [-0.2, -0.15) is 0 Å². The molecule has 2 amide bonds. The van der Waals surface area contributed by atoms with Crippen LogP contribution in [0.2, 0.25) is 0 Å². The molecule has 2 heterocycles. The Morgan fingerprint density at radius 2 is 2.14 bits per heavy atom. The maximum atomic E-state index is 12.4. The van der Waals surface area contributed by atoms with E-state index in [9.17, 15) is 14.7 Å². The van der Waals surface area contributed by atoms with Crippen LogP contribution in [-0.2, 0) is 7.05 Å². The molecular weight excluding hydrogens is 270 g/mol.